The number of carbonyl (C=O) groups is 2. The van der Waals surface area contributed by atoms with Crippen LogP contribution >= 0.6 is 23.1 Å². The lowest BCUT2D eigenvalue weighted by Gasteiger charge is -2.04. The Labute approximate surface area is 182 Å². The molecule has 0 radical (unpaired) electrons. The van der Waals surface area contributed by atoms with Crippen molar-refractivity contribution in [3.05, 3.63) is 48.0 Å². The molecule has 0 amide bonds. The second-order valence-electron chi connectivity index (χ2n) is 6.59. The lowest BCUT2D eigenvalue weighted by Crippen LogP contribution is -2.04. The molecule has 0 spiro atoms. The molecule has 1 aromatic heterocycles. The van der Waals surface area contributed by atoms with Gasteiger partial charge in [0.05, 0.1) is 27.4 Å². The third-order valence-electron chi connectivity index (χ3n) is 4.13. The number of hydrogen-bond acceptors (Lipinski definition) is 8. The van der Waals surface area contributed by atoms with Crippen molar-refractivity contribution in [2.75, 3.05) is 17.6 Å². The number of fused-ring (bicyclic) bond motifs is 1. The Morgan fingerprint density at radius 3 is 2.70 bits per heavy atom. The van der Waals surface area contributed by atoms with Crippen LogP contribution in [0.2, 0.25) is 0 Å². The highest BCUT2D eigenvalue weighted by Gasteiger charge is 2.08. The first-order valence-corrected chi connectivity index (χ1v) is 11.0. The highest BCUT2D eigenvalue weighted by molar-refractivity contribution is 8.26. The summed E-state index contributed by atoms with van der Waals surface area (Å²) in [5, 5.41) is 13.2. The van der Waals surface area contributed by atoms with Crippen LogP contribution in [0.1, 0.15) is 25.3 Å². The summed E-state index contributed by atoms with van der Waals surface area (Å²) >= 11 is 2.56. The molecule has 3 aromatic rings. The maximum atomic E-state index is 11.7. The Balaban J connectivity index is 1.48. The van der Waals surface area contributed by atoms with Crippen molar-refractivity contribution < 1.29 is 14.7 Å². The number of aliphatic imine (C=N–C) groups is 1. The monoisotopic (exact) mass is 442 g/mol. The number of thiazole rings is 1. The number of nitrogen functional groups attached to an aromatic ring is 1. The number of carboxylic acids is 1. The predicted molar refractivity (Wildman–Crippen MR) is 125 cm³/mol. The molecule has 7 nitrogen and oxygen atoms in total. The zero-order valence-corrected chi connectivity index (χ0v) is 18.1. The number of nitrogens with two attached hydrogens (primary N) is 1. The van der Waals surface area contributed by atoms with E-state index in [1.165, 1.54) is 0 Å². The van der Waals surface area contributed by atoms with Crippen LogP contribution in [0.4, 0.5) is 16.5 Å². The summed E-state index contributed by atoms with van der Waals surface area (Å²) in [6.45, 7) is 2.50. The number of carboxylic acid groups (broad SMARTS) is 1. The van der Waals surface area contributed by atoms with Crippen molar-refractivity contribution in [3.63, 3.8) is 0 Å². The number of hydrogen-bond donors (Lipinski definition) is 3. The van der Waals surface area contributed by atoms with Gasteiger partial charge in [0.1, 0.15) is 0 Å². The zero-order valence-electron chi connectivity index (χ0n) is 16.4. The van der Waals surface area contributed by atoms with Crippen molar-refractivity contribution in [2.45, 2.75) is 26.2 Å². The predicted octanol–water partition coefficient (Wildman–Crippen LogP) is 4.71. The van der Waals surface area contributed by atoms with Gasteiger partial charge in [0.2, 0.25) is 0 Å². The van der Waals surface area contributed by atoms with Crippen LogP contribution in [0.25, 0.3) is 10.2 Å². The summed E-state index contributed by atoms with van der Waals surface area (Å²) in [4.78, 5) is 31.2. The van der Waals surface area contributed by atoms with Crippen molar-refractivity contribution in [2.24, 2.45) is 4.99 Å². The molecule has 2 aromatic carbocycles. The summed E-state index contributed by atoms with van der Waals surface area (Å²) in [7, 11) is 0. The molecule has 0 aliphatic carbocycles. The highest BCUT2D eigenvalue weighted by Crippen LogP contribution is 2.27. The second kappa shape index (κ2) is 10.2. The van der Waals surface area contributed by atoms with E-state index in [-0.39, 0.29) is 18.0 Å². The van der Waals surface area contributed by atoms with Gasteiger partial charge in [0.25, 0.3) is 0 Å². The van der Waals surface area contributed by atoms with Crippen LogP contribution in [0, 0.1) is 0 Å². The van der Waals surface area contributed by atoms with Crippen LogP contribution in [-0.4, -0.2) is 32.8 Å². The van der Waals surface area contributed by atoms with E-state index in [0.717, 1.165) is 57.0 Å². The first-order chi connectivity index (χ1) is 14.4. The number of benzene rings is 2. The van der Waals surface area contributed by atoms with Gasteiger partial charge in [-0.1, -0.05) is 23.5 Å². The Bertz CT molecular complexity index is 1080. The van der Waals surface area contributed by atoms with Gasteiger partial charge < -0.3 is 16.2 Å². The minimum absolute atomic E-state index is 0.000835. The number of rotatable bonds is 8. The number of thioether (sulfide) groups is 1. The lowest BCUT2D eigenvalue weighted by atomic mass is 10.1. The molecular weight excluding hydrogens is 420 g/mol. The molecule has 0 saturated carbocycles. The number of carbonyl (C=O) groups excluding carboxylic acids is 1. The van der Waals surface area contributed by atoms with E-state index in [9.17, 15) is 9.59 Å². The Kier molecular flexibility index (Phi) is 7.42. The van der Waals surface area contributed by atoms with Crippen LogP contribution in [0.5, 0.6) is 0 Å². The van der Waals surface area contributed by atoms with Gasteiger partial charge in [-0.3, -0.25) is 9.59 Å². The lowest BCUT2D eigenvalue weighted by molar-refractivity contribution is -0.137. The SMILES string of the molecule is CC(=Nc1ccc(CCNc2nc3ccc(N)cc3s2)cc1)SC(=O)CCC(=O)O. The summed E-state index contributed by atoms with van der Waals surface area (Å²) in [5.41, 5.74) is 9.40. The maximum absolute atomic E-state index is 11.7. The van der Waals surface area contributed by atoms with E-state index < -0.39 is 5.97 Å². The van der Waals surface area contributed by atoms with E-state index in [2.05, 4.69) is 15.3 Å². The third kappa shape index (κ3) is 6.57. The Morgan fingerprint density at radius 2 is 1.97 bits per heavy atom. The summed E-state index contributed by atoms with van der Waals surface area (Å²) in [6, 6.07) is 13.5. The van der Waals surface area contributed by atoms with Gasteiger partial charge in [-0.15, -0.1) is 0 Å². The highest BCUT2D eigenvalue weighted by atomic mass is 32.2. The Hall–Kier alpha value is -2.91. The number of nitrogens with one attached hydrogen (secondary N) is 1. The first kappa shape index (κ1) is 21.8. The fraction of sp³-hybridized carbons (Fsp3) is 0.238. The van der Waals surface area contributed by atoms with E-state index in [1.54, 1.807) is 18.3 Å². The molecule has 30 heavy (non-hydrogen) atoms. The molecular formula is C21H22N4O3S2. The molecule has 0 aliphatic rings. The molecule has 0 saturated heterocycles. The van der Waals surface area contributed by atoms with Gasteiger partial charge in [-0.2, -0.15) is 0 Å². The van der Waals surface area contributed by atoms with Crippen LogP contribution in [0.3, 0.4) is 0 Å². The van der Waals surface area contributed by atoms with Crippen LogP contribution in [0.15, 0.2) is 47.5 Å². The normalized spacial score (nSPS) is 11.6. The molecule has 3 rings (SSSR count). The second-order valence-corrected chi connectivity index (χ2v) is 8.87. The standard InChI is InChI=1S/C21H22N4O3S2/c1-13(29-20(28)9-8-19(26)27)24-16-5-2-14(3-6-16)10-11-23-21-25-17-7-4-15(22)12-18(17)30-21/h2-7,12H,8-11,22H2,1H3,(H,23,25)(H,26,27). The van der Waals surface area contributed by atoms with Gasteiger partial charge in [0.15, 0.2) is 10.2 Å². The van der Waals surface area contributed by atoms with Crippen molar-refractivity contribution in [1.82, 2.24) is 4.98 Å². The quantitative estimate of drug-likeness (QED) is 0.263. The minimum Gasteiger partial charge on any atom is -0.481 e. The van der Waals surface area contributed by atoms with E-state index in [4.69, 9.17) is 10.8 Å². The number of aliphatic carboxylic acids is 1. The smallest absolute Gasteiger partial charge is 0.303 e. The third-order valence-corrected chi connectivity index (χ3v) is 5.92. The van der Waals surface area contributed by atoms with E-state index >= 15 is 0 Å². The molecule has 1 heterocycles. The number of nitrogens with zero attached hydrogens (tertiary/aromatic N) is 2. The largest absolute Gasteiger partial charge is 0.481 e. The van der Waals surface area contributed by atoms with Gasteiger partial charge >= 0.3 is 5.97 Å². The molecule has 9 heteroatoms. The van der Waals surface area contributed by atoms with Gasteiger partial charge in [-0.25, -0.2) is 9.98 Å². The summed E-state index contributed by atoms with van der Waals surface area (Å²) in [5.74, 6) is -0.976. The summed E-state index contributed by atoms with van der Waals surface area (Å²) in [6.07, 6.45) is 0.678. The van der Waals surface area contributed by atoms with Crippen LogP contribution in [-0.2, 0) is 16.0 Å². The molecule has 0 fully saturated rings. The topological polar surface area (TPSA) is 118 Å². The average Bonchev–Trinajstić information content (AvgIpc) is 3.09. The molecule has 0 aliphatic heterocycles. The molecule has 0 unspecified atom stereocenters. The fourth-order valence-electron chi connectivity index (χ4n) is 2.70. The van der Waals surface area contributed by atoms with Crippen molar-refractivity contribution in [3.8, 4) is 0 Å². The molecule has 0 atom stereocenters. The van der Waals surface area contributed by atoms with Crippen molar-refractivity contribution >= 4 is 65.9 Å². The zero-order chi connectivity index (χ0) is 21.5. The van der Waals surface area contributed by atoms with Crippen LogP contribution < -0.4 is 11.1 Å². The molecule has 0 bridgehead atoms. The maximum Gasteiger partial charge on any atom is 0.303 e. The molecule has 4 N–H and O–H groups in total. The minimum atomic E-state index is -0.976. The fourth-order valence-corrected chi connectivity index (χ4v) is 4.32. The molecule has 156 valence electrons. The number of anilines is 2. The van der Waals surface area contributed by atoms with Gasteiger partial charge in [-0.05, 0) is 61.0 Å². The first-order valence-electron chi connectivity index (χ1n) is 9.36. The average molecular weight is 443 g/mol. The summed E-state index contributed by atoms with van der Waals surface area (Å²) < 4.78 is 1.06. The van der Waals surface area contributed by atoms with Gasteiger partial charge in [0, 0.05) is 18.7 Å². The van der Waals surface area contributed by atoms with E-state index in [1.807, 2.05) is 42.5 Å². The van der Waals surface area contributed by atoms with Crippen molar-refractivity contribution in [1.29, 1.82) is 0 Å². The van der Waals surface area contributed by atoms with E-state index in [0.29, 0.717) is 5.04 Å². The Morgan fingerprint density at radius 1 is 1.20 bits per heavy atom. The number of aromatic nitrogens is 1.